The highest BCUT2D eigenvalue weighted by molar-refractivity contribution is 7.99. The van der Waals surface area contributed by atoms with Gasteiger partial charge in [-0.25, -0.2) is 4.79 Å². The highest BCUT2D eigenvalue weighted by Crippen LogP contribution is 2.36. The average molecular weight is 223 g/mol. The van der Waals surface area contributed by atoms with Gasteiger partial charge in [-0.05, 0) is 36.3 Å². The van der Waals surface area contributed by atoms with Crippen LogP contribution in [-0.2, 0) is 0 Å². The van der Waals surface area contributed by atoms with Gasteiger partial charge >= 0.3 is 5.97 Å². The van der Waals surface area contributed by atoms with Gasteiger partial charge in [0.2, 0.25) is 0 Å². The second-order valence-electron chi connectivity index (χ2n) is 3.75. The molecule has 0 saturated carbocycles. The van der Waals surface area contributed by atoms with Crippen molar-refractivity contribution in [3.8, 4) is 0 Å². The van der Waals surface area contributed by atoms with Crippen LogP contribution in [0, 0.1) is 6.92 Å². The lowest BCUT2D eigenvalue weighted by Gasteiger charge is -2.22. The minimum atomic E-state index is -0.866. The standard InChI is InChI=1S/C11H13NO2S/c1-6-4-8-9(12)2-3-15-10(8)5-7(6)11(13)14/h4-5,9H,2-3,12H2,1H3,(H,13,14)/t9-/m0/s1. The molecule has 1 aromatic carbocycles. The van der Waals surface area contributed by atoms with E-state index in [0.29, 0.717) is 5.56 Å². The highest BCUT2D eigenvalue weighted by atomic mass is 32.2. The Kier molecular flexibility index (Phi) is 2.71. The van der Waals surface area contributed by atoms with Crippen molar-refractivity contribution in [3.63, 3.8) is 0 Å². The summed E-state index contributed by atoms with van der Waals surface area (Å²) in [5.74, 6) is 0.103. The monoisotopic (exact) mass is 223 g/mol. The summed E-state index contributed by atoms with van der Waals surface area (Å²) in [6.45, 7) is 1.82. The fraction of sp³-hybridized carbons (Fsp3) is 0.364. The normalized spacial score (nSPS) is 19.7. The third-order valence-electron chi connectivity index (χ3n) is 2.67. The Morgan fingerprint density at radius 2 is 2.33 bits per heavy atom. The first-order valence-corrected chi connectivity index (χ1v) is 5.84. The van der Waals surface area contributed by atoms with Crippen molar-refractivity contribution in [2.45, 2.75) is 24.3 Å². The van der Waals surface area contributed by atoms with Crippen LogP contribution in [0.1, 0.15) is 33.9 Å². The molecule has 0 unspecified atom stereocenters. The van der Waals surface area contributed by atoms with Crippen LogP contribution < -0.4 is 5.73 Å². The first kappa shape index (κ1) is 10.5. The number of benzene rings is 1. The van der Waals surface area contributed by atoms with E-state index in [1.807, 2.05) is 13.0 Å². The molecule has 1 aliphatic rings. The largest absolute Gasteiger partial charge is 0.478 e. The van der Waals surface area contributed by atoms with E-state index in [1.54, 1.807) is 17.8 Å². The van der Waals surface area contributed by atoms with Crippen LogP contribution in [0.3, 0.4) is 0 Å². The number of rotatable bonds is 1. The Morgan fingerprint density at radius 1 is 1.60 bits per heavy atom. The summed E-state index contributed by atoms with van der Waals surface area (Å²) in [4.78, 5) is 12.0. The Bertz CT molecular complexity index is 417. The number of carboxylic acid groups (broad SMARTS) is 1. The molecule has 15 heavy (non-hydrogen) atoms. The van der Waals surface area contributed by atoms with Crippen molar-refractivity contribution in [2.75, 3.05) is 5.75 Å². The first-order valence-electron chi connectivity index (χ1n) is 4.86. The van der Waals surface area contributed by atoms with Gasteiger partial charge < -0.3 is 10.8 Å². The lowest BCUT2D eigenvalue weighted by atomic mass is 9.99. The Hall–Kier alpha value is -1.00. The molecular weight excluding hydrogens is 210 g/mol. The molecule has 0 aromatic heterocycles. The van der Waals surface area contributed by atoms with E-state index in [9.17, 15) is 4.79 Å². The lowest BCUT2D eigenvalue weighted by Crippen LogP contribution is -2.17. The van der Waals surface area contributed by atoms with Gasteiger partial charge in [0, 0.05) is 10.9 Å². The van der Waals surface area contributed by atoms with Gasteiger partial charge in [-0.1, -0.05) is 6.07 Å². The molecule has 3 N–H and O–H groups in total. The number of carboxylic acids is 1. The number of nitrogens with two attached hydrogens (primary N) is 1. The van der Waals surface area contributed by atoms with Crippen molar-refractivity contribution in [2.24, 2.45) is 5.73 Å². The van der Waals surface area contributed by atoms with Crippen molar-refractivity contribution in [1.29, 1.82) is 0 Å². The molecule has 0 spiro atoms. The molecule has 3 nitrogen and oxygen atoms in total. The molecule has 1 aliphatic heterocycles. The van der Waals surface area contributed by atoms with Gasteiger partial charge in [0.1, 0.15) is 0 Å². The topological polar surface area (TPSA) is 63.3 Å². The van der Waals surface area contributed by atoms with Crippen LogP contribution >= 0.6 is 11.8 Å². The van der Waals surface area contributed by atoms with E-state index in [4.69, 9.17) is 10.8 Å². The van der Waals surface area contributed by atoms with Crippen LogP contribution in [0.25, 0.3) is 0 Å². The highest BCUT2D eigenvalue weighted by Gasteiger charge is 2.20. The summed E-state index contributed by atoms with van der Waals surface area (Å²) in [6, 6.07) is 3.72. The minimum absolute atomic E-state index is 0.0581. The fourth-order valence-corrected chi connectivity index (χ4v) is 2.98. The molecule has 1 heterocycles. The van der Waals surface area contributed by atoms with Gasteiger partial charge in [0.15, 0.2) is 0 Å². The number of aryl methyl sites for hydroxylation is 1. The zero-order chi connectivity index (χ0) is 11.0. The molecule has 4 heteroatoms. The van der Waals surface area contributed by atoms with E-state index >= 15 is 0 Å². The number of fused-ring (bicyclic) bond motifs is 1. The maximum atomic E-state index is 10.9. The molecule has 1 aromatic rings. The van der Waals surface area contributed by atoms with E-state index in [1.165, 1.54) is 0 Å². The summed E-state index contributed by atoms with van der Waals surface area (Å²) >= 11 is 1.69. The Morgan fingerprint density at radius 3 is 3.00 bits per heavy atom. The maximum Gasteiger partial charge on any atom is 0.335 e. The molecule has 0 radical (unpaired) electrons. The van der Waals surface area contributed by atoms with Crippen LogP contribution in [0.2, 0.25) is 0 Å². The van der Waals surface area contributed by atoms with Crippen LogP contribution in [-0.4, -0.2) is 16.8 Å². The molecule has 0 saturated heterocycles. The Balaban J connectivity index is 2.54. The second kappa shape index (κ2) is 3.87. The number of aromatic carboxylic acids is 1. The van der Waals surface area contributed by atoms with Gasteiger partial charge in [0.05, 0.1) is 5.56 Å². The number of hydrogen-bond acceptors (Lipinski definition) is 3. The quantitative estimate of drug-likeness (QED) is 0.766. The number of carbonyl (C=O) groups is 1. The summed E-state index contributed by atoms with van der Waals surface area (Å²) in [5.41, 5.74) is 8.25. The number of thioether (sulfide) groups is 1. The van der Waals surface area contributed by atoms with Crippen LogP contribution in [0.4, 0.5) is 0 Å². The zero-order valence-electron chi connectivity index (χ0n) is 8.49. The fourth-order valence-electron chi connectivity index (χ4n) is 1.81. The summed E-state index contributed by atoms with van der Waals surface area (Å²) in [7, 11) is 0. The van der Waals surface area contributed by atoms with Gasteiger partial charge in [0.25, 0.3) is 0 Å². The molecule has 0 bridgehead atoms. The SMILES string of the molecule is Cc1cc2c(cc1C(=O)O)SCC[C@@H]2N. The summed E-state index contributed by atoms with van der Waals surface area (Å²) < 4.78 is 0. The third kappa shape index (κ3) is 1.87. The molecule has 2 rings (SSSR count). The first-order chi connectivity index (χ1) is 7.09. The van der Waals surface area contributed by atoms with Crippen molar-refractivity contribution in [3.05, 3.63) is 28.8 Å². The smallest absolute Gasteiger partial charge is 0.335 e. The van der Waals surface area contributed by atoms with Gasteiger partial charge in [-0.2, -0.15) is 0 Å². The Labute approximate surface area is 92.7 Å². The van der Waals surface area contributed by atoms with E-state index in [0.717, 1.165) is 28.2 Å². The zero-order valence-corrected chi connectivity index (χ0v) is 9.30. The van der Waals surface area contributed by atoms with Gasteiger partial charge in [-0.3, -0.25) is 0 Å². The van der Waals surface area contributed by atoms with Crippen LogP contribution in [0.15, 0.2) is 17.0 Å². The third-order valence-corrected chi connectivity index (χ3v) is 3.78. The number of hydrogen-bond donors (Lipinski definition) is 2. The maximum absolute atomic E-state index is 10.9. The molecule has 80 valence electrons. The van der Waals surface area contributed by atoms with Crippen molar-refractivity contribution in [1.82, 2.24) is 0 Å². The predicted molar refractivity (Wildman–Crippen MR) is 60.4 cm³/mol. The summed E-state index contributed by atoms with van der Waals surface area (Å²) in [6.07, 6.45) is 0.962. The van der Waals surface area contributed by atoms with E-state index in [2.05, 4.69) is 0 Å². The summed E-state index contributed by atoms with van der Waals surface area (Å²) in [5, 5.41) is 8.99. The van der Waals surface area contributed by atoms with Crippen molar-refractivity contribution >= 4 is 17.7 Å². The molecule has 0 fully saturated rings. The molecule has 0 aliphatic carbocycles. The molecule has 0 amide bonds. The van der Waals surface area contributed by atoms with Crippen LogP contribution in [0.5, 0.6) is 0 Å². The van der Waals surface area contributed by atoms with E-state index < -0.39 is 5.97 Å². The molecule has 1 atom stereocenters. The van der Waals surface area contributed by atoms with Gasteiger partial charge in [-0.15, -0.1) is 11.8 Å². The lowest BCUT2D eigenvalue weighted by molar-refractivity contribution is 0.0696. The van der Waals surface area contributed by atoms with Crippen molar-refractivity contribution < 1.29 is 9.90 Å². The average Bonchev–Trinajstić information content (AvgIpc) is 2.18. The molecular formula is C11H13NO2S. The van der Waals surface area contributed by atoms with E-state index in [-0.39, 0.29) is 6.04 Å². The second-order valence-corrected chi connectivity index (χ2v) is 4.89. The predicted octanol–water partition coefficient (Wildman–Crippen LogP) is 2.19. The minimum Gasteiger partial charge on any atom is -0.478 e.